The molecule has 0 spiro atoms. The average Bonchev–Trinajstić information content (AvgIpc) is 3.01. The lowest BCUT2D eigenvalue weighted by Gasteiger charge is -2.25. The molecule has 0 bridgehead atoms. The van der Waals surface area contributed by atoms with E-state index in [4.69, 9.17) is 0 Å². The predicted octanol–water partition coefficient (Wildman–Crippen LogP) is 0.946. The summed E-state index contributed by atoms with van der Waals surface area (Å²) in [5.74, 6) is -1.63. The zero-order valence-electron chi connectivity index (χ0n) is 12.9. The fraction of sp³-hybridized carbons (Fsp3) is 0.267. The van der Waals surface area contributed by atoms with Crippen molar-refractivity contribution in [2.45, 2.75) is 19.0 Å². The number of aromatic nitrogens is 2. The standard InChI is InChI=1S/C15H16N4O5/c1-17(13(15(21)22)7-11-5-3-2-4-6-11)14(20)10-18-9-12(8-16-18)19(23)24/h2-6,8-9,13H,7,10H2,1H3,(H,21,22). The molecule has 1 aromatic heterocycles. The van der Waals surface area contributed by atoms with Gasteiger partial charge in [-0.25, -0.2) is 4.79 Å². The molecule has 9 nitrogen and oxygen atoms in total. The van der Waals surface area contributed by atoms with Gasteiger partial charge in [0, 0.05) is 13.5 Å². The summed E-state index contributed by atoms with van der Waals surface area (Å²) in [6, 6.07) is 7.93. The molecule has 1 N–H and O–H groups in total. The Bertz CT molecular complexity index is 743. The molecule has 2 rings (SSSR count). The van der Waals surface area contributed by atoms with Crippen LogP contribution in [0.1, 0.15) is 5.56 Å². The maximum absolute atomic E-state index is 12.3. The number of carbonyl (C=O) groups excluding carboxylic acids is 1. The number of carboxylic acid groups (broad SMARTS) is 1. The SMILES string of the molecule is CN(C(=O)Cn1cc([N+](=O)[O-])cn1)C(Cc1ccccc1)C(=O)O. The smallest absolute Gasteiger partial charge is 0.326 e. The van der Waals surface area contributed by atoms with Gasteiger partial charge in [0.05, 0.1) is 4.92 Å². The third-order valence-electron chi connectivity index (χ3n) is 3.55. The maximum Gasteiger partial charge on any atom is 0.326 e. The number of carboxylic acids is 1. The van der Waals surface area contributed by atoms with Crippen molar-refractivity contribution in [2.24, 2.45) is 0 Å². The van der Waals surface area contributed by atoms with Crippen LogP contribution in [-0.4, -0.2) is 49.7 Å². The van der Waals surface area contributed by atoms with Crippen LogP contribution in [-0.2, 0) is 22.6 Å². The molecule has 24 heavy (non-hydrogen) atoms. The number of rotatable bonds is 7. The van der Waals surface area contributed by atoms with E-state index in [0.29, 0.717) is 0 Å². The molecule has 2 aromatic rings. The number of amides is 1. The van der Waals surface area contributed by atoms with Crippen molar-refractivity contribution in [2.75, 3.05) is 7.05 Å². The lowest BCUT2D eigenvalue weighted by molar-refractivity contribution is -0.385. The summed E-state index contributed by atoms with van der Waals surface area (Å²) in [5, 5.41) is 23.7. The number of hydrogen-bond acceptors (Lipinski definition) is 5. The molecule has 0 aliphatic heterocycles. The highest BCUT2D eigenvalue weighted by molar-refractivity contribution is 5.83. The zero-order chi connectivity index (χ0) is 17.7. The van der Waals surface area contributed by atoms with Crippen LogP contribution >= 0.6 is 0 Å². The molecule has 0 saturated carbocycles. The molecule has 126 valence electrons. The Balaban J connectivity index is 2.07. The quantitative estimate of drug-likeness (QED) is 0.595. The summed E-state index contributed by atoms with van der Waals surface area (Å²) in [6.07, 6.45) is 2.32. The van der Waals surface area contributed by atoms with Crippen molar-refractivity contribution in [3.8, 4) is 0 Å². The minimum atomic E-state index is -1.12. The number of carbonyl (C=O) groups is 2. The lowest BCUT2D eigenvalue weighted by Crippen LogP contribution is -2.45. The Morgan fingerprint density at radius 2 is 2.04 bits per heavy atom. The van der Waals surface area contributed by atoms with Crippen LogP contribution in [0.4, 0.5) is 5.69 Å². The summed E-state index contributed by atoms with van der Waals surface area (Å²) in [7, 11) is 1.39. The first kappa shape index (κ1) is 17.1. The lowest BCUT2D eigenvalue weighted by atomic mass is 10.1. The Labute approximate surface area is 137 Å². The van der Waals surface area contributed by atoms with Gasteiger partial charge in [-0.2, -0.15) is 5.10 Å². The summed E-state index contributed by atoms with van der Waals surface area (Å²) < 4.78 is 1.11. The molecule has 0 saturated heterocycles. The number of nitrogens with zero attached hydrogens (tertiary/aromatic N) is 4. The van der Waals surface area contributed by atoms with Crippen LogP contribution in [0.25, 0.3) is 0 Å². The van der Waals surface area contributed by atoms with Gasteiger partial charge in [0.2, 0.25) is 5.91 Å². The van der Waals surface area contributed by atoms with Crippen LogP contribution in [0.15, 0.2) is 42.7 Å². The van der Waals surface area contributed by atoms with Crippen molar-refractivity contribution in [3.05, 3.63) is 58.4 Å². The molecule has 0 aliphatic rings. The first-order valence-electron chi connectivity index (χ1n) is 7.07. The second kappa shape index (κ2) is 7.36. The van der Waals surface area contributed by atoms with Crippen LogP contribution < -0.4 is 0 Å². The van der Waals surface area contributed by atoms with Gasteiger partial charge in [0.15, 0.2) is 0 Å². The van der Waals surface area contributed by atoms with E-state index in [1.165, 1.54) is 7.05 Å². The highest BCUT2D eigenvalue weighted by Crippen LogP contribution is 2.11. The number of hydrogen-bond donors (Lipinski definition) is 1. The molecule has 1 heterocycles. The monoisotopic (exact) mass is 332 g/mol. The number of nitro groups is 1. The number of aliphatic carboxylic acids is 1. The molecule has 1 aromatic carbocycles. The second-order valence-corrected chi connectivity index (χ2v) is 5.20. The molecule has 9 heteroatoms. The van der Waals surface area contributed by atoms with E-state index in [9.17, 15) is 24.8 Å². The van der Waals surface area contributed by atoms with Gasteiger partial charge in [0.25, 0.3) is 0 Å². The molecule has 0 radical (unpaired) electrons. The third kappa shape index (κ3) is 4.15. The molecular formula is C15H16N4O5. The van der Waals surface area contributed by atoms with Gasteiger partial charge in [-0.3, -0.25) is 19.6 Å². The van der Waals surface area contributed by atoms with Crippen LogP contribution in [0, 0.1) is 10.1 Å². The Morgan fingerprint density at radius 1 is 1.38 bits per heavy atom. The zero-order valence-corrected chi connectivity index (χ0v) is 12.9. The van der Waals surface area contributed by atoms with Gasteiger partial charge < -0.3 is 10.0 Å². The summed E-state index contributed by atoms with van der Waals surface area (Å²) >= 11 is 0. The molecule has 0 fully saturated rings. The van der Waals surface area contributed by atoms with Crippen LogP contribution in [0.5, 0.6) is 0 Å². The maximum atomic E-state index is 12.3. The number of likely N-dealkylation sites (N-methyl/N-ethyl adjacent to an activating group) is 1. The van der Waals surface area contributed by atoms with E-state index in [1.54, 1.807) is 24.3 Å². The van der Waals surface area contributed by atoms with Crippen LogP contribution in [0.3, 0.4) is 0 Å². The minimum Gasteiger partial charge on any atom is -0.480 e. The predicted molar refractivity (Wildman–Crippen MR) is 83.2 cm³/mol. The topological polar surface area (TPSA) is 119 Å². The Kier molecular flexibility index (Phi) is 5.25. The molecule has 1 atom stereocenters. The first-order valence-corrected chi connectivity index (χ1v) is 7.07. The largest absolute Gasteiger partial charge is 0.480 e. The Morgan fingerprint density at radius 3 is 2.58 bits per heavy atom. The minimum absolute atomic E-state index is 0.164. The van der Waals surface area contributed by atoms with E-state index in [-0.39, 0.29) is 18.7 Å². The van der Waals surface area contributed by atoms with Crippen LogP contribution in [0.2, 0.25) is 0 Å². The number of benzene rings is 1. The van der Waals surface area contributed by atoms with Crippen molar-refractivity contribution in [1.29, 1.82) is 0 Å². The summed E-state index contributed by atoms with van der Waals surface area (Å²) in [6.45, 7) is -0.275. The normalized spacial score (nSPS) is 11.7. The van der Waals surface area contributed by atoms with Crippen molar-refractivity contribution in [3.63, 3.8) is 0 Å². The van der Waals surface area contributed by atoms with E-state index in [2.05, 4.69) is 5.10 Å². The van der Waals surface area contributed by atoms with Gasteiger partial charge in [0.1, 0.15) is 25.0 Å². The fourth-order valence-electron chi connectivity index (χ4n) is 2.18. The van der Waals surface area contributed by atoms with Gasteiger partial charge in [-0.1, -0.05) is 30.3 Å². The van der Waals surface area contributed by atoms with E-state index in [0.717, 1.165) is 27.5 Å². The first-order chi connectivity index (χ1) is 11.4. The molecule has 1 unspecified atom stereocenters. The average molecular weight is 332 g/mol. The van der Waals surface area contributed by atoms with Gasteiger partial charge >= 0.3 is 11.7 Å². The van der Waals surface area contributed by atoms with Crippen molar-refractivity contribution >= 4 is 17.6 Å². The van der Waals surface area contributed by atoms with Crippen molar-refractivity contribution < 1.29 is 19.6 Å². The fourth-order valence-corrected chi connectivity index (χ4v) is 2.18. The summed E-state index contributed by atoms with van der Waals surface area (Å²) in [5.41, 5.74) is 0.559. The molecular weight excluding hydrogens is 316 g/mol. The summed E-state index contributed by atoms with van der Waals surface area (Å²) in [4.78, 5) is 34.9. The van der Waals surface area contributed by atoms with Gasteiger partial charge in [-0.15, -0.1) is 0 Å². The Hall–Kier alpha value is -3.23. The van der Waals surface area contributed by atoms with E-state index in [1.807, 2.05) is 6.07 Å². The highest BCUT2D eigenvalue weighted by Gasteiger charge is 2.27. The van der Waals surface area contributed by atoms with Crippen molar-refractivity contribution in [1.82, 2.24) is 14.7 Å². The molecule has 0 aliphatic carbocycles. The third-order valence-corrected chi connectivity index (χ3v) is 3.55. The second-order valence-electron chi connectivity index (χ2n) is 5.20. The molecule has 1 amide bonds. The van der Waals surface area contributed by atoms with Gasteiger partial charge in [-0.05, 0) is 5.56 Å². The van der Waals surface area contributed by atoms with E-state index < -0.39 is 22.8 Å². The highest BCUT2D eigenvalue weighted by atomic mass is 16.6. The van der Waals surface area contributed by atoms with E-state index >= 15 is 0 Å².